The summed E-state index contributed by atoms with van der Waals surface area (Å²) in [6.45, 7) is 4.36. The van der Waals surface area contributed by atoms with E-state index in [4.69, 9.17) is 0 Å². The smallest absolute Gasteiger partial charge is 0.116 e. The highest BCUT2D eigenvalue weighted by Crippen LogP contribution is 2.17. The summed E-state index contributed by atoms with van der Waals surface area (Å²) in [6.07, 6.45) is 8.57. The molecule has 3 nitrogen and oxygen atoms in total. The predicted octanol–water partition coefficient (Wildman–Crippen LogP) is 2.24. The second-order valence-corrected chi connectivity index (χ2v) is 3.30. The van der Waals surface area contributed by atoms with Crippen LogP contribution in [0.2, 0.25) is 0 Å². The van der Waals surface area contributed by atoms with Crippen molar-refractivity contribution in [3.8, 4) is 0 Å². The minimum Gasteiger partial charge on any atom is -0.300 e. The average Bonchev–Trinajstić information content (AvgIpc) is 2.60. The van der Waals surface area contributed by atoms with Crippen molar-refractivity contribution < 1.29 is 0 Å². The van der Waals surface area contributed by atoms with Crippen molar-refractivity contribution in [1.29, 1.82) is 0 Å². The van der Waals surface area contributed by atoms with E-state index in [0.29, 0.717) is 5.92 Å². The van der Waals surface area contributed by atoms with E-state index in [1.165, 1.54) is 0 Å². The van der Waals surface area contributed by atoms with Gasteiger partial charge in [0.05, 0.1) is 17.9 Å². The molecule has 13 heavy (non-hydrogen) atoms. The average molecular weight is 175 g/mol. The third-order valence-electron chi connectivity index (χ3n) is 2.42. The first-order valence-corrected chi connectivity index (χ1v) is 4.60. The van der Waals surface area contributed by atoms with E-state index in [1.54, 1.807) is 6.20 Å². The quantitative estimate of drug-likeness (QED) is 0.700. The molecule has 0 N–H and O–H groups in total. The molecule has 0 saturated heterocycles. The van der Waals surface area contributed by atoms with Crippen LogP contribution >= 0.6 is 0 Å². The molecule has 1 atom stereocenters. The fraction of sp³-hybridized carbons (Fsp3) is 0.400. The summed E-state index contributed by atoms with van der Waals surface area (Å²) >= 11 is 0. The van der Waals surface area contributed by atoms with Gasteiger partial charge in [0.25, 0.3) is 0 Å². The van der Waals surface area contributed by atoms with Gasteiger partial charge in [-0.3, -0.25) is 4.98 Å². The maximum atomic E-state index is 4.39. The molecular weight excluding hydrogens is 162 g/mol. The van der Waals surface area contributed by atoms with Crippen LogP contribution in [-0.2, 0) is 0 Å². The second-order valence-electron chi connectivity index (χ2n) is 3.30. The maximum absolute atomic E-state index is 4.39. The van der Waals surface area contributed by atoms with Crippen LogP contribution < -0.4 is 0 Å². The van der Waals surface area contributed by atoms with Crippen molar-refractivity contribution in [3.63, 3.8) is 0 Å². The molecule has 2 aromatic rings. The number of fused-ring (bicyclic) bond motifs is 1. The first-order valence-electron chi connectivity index (χ1n) is 4.60. The van der Waals surface area contributed by atoms with Crippen LogP contribution in [0.25, 0.3) is 5.52 Å². The summed E-state index contributed by atoms with van der Waals surface area (Å²) in [5.74, 6) is 1.63. The van der Waals surface area contributed by atoms with Gasteiger partial charge in [0, 0.05) is 18.3 Å². The van der Waals surface area contributed by atoms with Crippen LogP contribution in [0.5, 0.6) is 0 Å². The lowest BCUT2D eigenvalue weighted by Gasteiger charge is -2.06. The van der Waals surface area contributed by atoms with Gasteiger partial charge in [-0.2, -0.15) is 0 Å². The SMILES string of the molecule is CC[C@@H](C)c1ncc2cnccn12. The van der Waals surface area contributed by atoms with Gasteiger partial charge in [0.15, 0.2) is 0 Å². The van der Waals surface area contributed by atoms with E-state index in [9.17, 15) is 0 Å². The standard InChI is InChI=1S/C10H13N3/c1-3-8(2)10-12-7-9-6-11-4-5-13(9)10/h4-8H,3H2,1-2H3/t8-/m1/s1. The third-order valence-corrected chi connectivity index (χ3v) is 2.42. The van der Waals surface area contributed by atoms with Gasteiger partial charge in [-0.25, -0.2) is 4.98 Å². The highest BCUT2D eigenvalue weighted by atomic mass is 15.0. The molecule has 0 aliphatic heterocycles. The van der Waals surface area contributed by atoms with Gasteiger partial charge < -0.3 is 4.40 Å². The van der Waals surface area contributed by atoms with Crippen molar-refractivity contribution in [3.05, 3.63) is 30.6 Å². The van der Waals surface area contributed by atoms with E-state index in [1.807, 2.05) is 18.6 Å². The Hall–Kier alpha value is -1.38. The lowest BCUT2D eigenvalue weighted by Crippen LogP contribution is -1.99. The largest absolute Gasteiger partial charge is 0.300 e. The Balaban J connectivity index is 2.57. The van der Waals surface area contributed by atoms with Crippen LogP contribution in [-0.4, -0.2) is 14.4 Å². The topological polar surface area (TPSA) is 30.2 Å². The molecule has 0 unspecified atom stereocenters. The Morgan fingerprint density at radius 2 is 2.31 bits per heavy atom. The Bertz CT molecular complexity index is 405. The van der Waals surface area contributed by atoms with Crippen LogP contribution in [0.15, 0.2) is 24.8 Å². The Morgan fingerprint density at radius 1 is 1.46 bits per heavy atom. The first kappa shape index (κ1) is 8.23. The zero-order valence-corrected chi connectivity index (χ0v) is 7.94. The molecule has 3 heteroatoms. The van der Waals surface area contributed by atoms with Gasteiger partial charge in [-0.1, -0.05) is 13.8 Å². The van der Waals surface area contributed by atoms with Crippen LogP contribution in [0, 0.1) is 0 Å². The van der Waals surface area contributed by atoms with Crippen molar-refractivity contribution in [2.45, 2.75) is 26.2 Å². The molecule has 2 rings (SSSR count). The molecule has 2 heterocycles. The van der Waals surface area contributed by atoms with Gasteiger partial charge in [0.2, 0.25) is 0 Å². The van der Waals surface area contributed by atoms with E-state index >= 15 is 0 Å². The fourth-order valence-corrected chi connectivity index (χ4v) is 1.42. The van der Waals surface area contributed by atoms with Crippen molar-refractivity contribution in [1.82, 2.24) is 14.4 Å². The normalized spacial score (nSPS) is 13.4. The molecule has 0 aliphatic carbocycles. The summed E-state index contributed by atoms with van der Waals surface area (Å²) in [5.41, 5.74) is 1.07. The van der Waals surface area contributed by atoms with Crippen LogP contribution in [0.1, 0.15) is 32.0 Å². The minimum atomic E-state index is 0.505. The number of aromatic nitrogens is 3. The summed E-state index contributed by atoms with van der Waals surface area (Å²) in [6, 6.07) is 0. The van der Waals surface area contributed by atoms with Crippen molar-refractivity contribution in [2.24, 2.45) is 0 Å². The summed E-state index contributed by atoms with van der Waals surface area (Å²) < 4.78 is 2.10. The van der Waals surface area contributed by atoms with Crippen molar-refractivity contribution >= 4 is 5.52 Å². The lowest BCUT2D eigenvalue weighted by molar-refractivity contribution is 0.675. The predicted molar refractivity (Wildman–Crippen MR) is 51.7 cm³/mol. The zero-order valence-electron chi connectivity index (χ0n) is 7.94. The van der Waals surface area contributed by atoms with E-state index in [2.05, 4.69) is 28.2 Å². The number of rotatable bonds is 2. The molecule has 0 amide bonds. The number of hydrogen-bond acceptors (Lipinski definition) is 2. The molecule has 0 saturated carbocycles. The monoisotopic (exact) mass is 175 g/mol. The van der Waals surface area contributed by atoms with Gasteiger partial charge in [-0.05, 0) is 6.42 Å². The molecular formula is C10H13N3. The zero-order chi connectivity index (χ0) is 9.26. The number of imidazole rings is 1. The van der Waals surface area contributed by atoms with E-state index in [-0.39, 0.29) is 0 Å². The molecule has 0 aliphatic rings. The van der Waals surface area contributed by atoms with Gasteiger partial charge in [0.1, 0.15) is 5.82 Å². The lowest BCUT2D eigenvalue weighted by atomic mass is 10.1. The van der Waals surface area contributed by atoms with Crippen LogP contribution in [0.3, 0.4) is 0 Å². The summed E-state index contributed by atoms with van der Waals surface area (Å²) in [7, 11) is 0. The van der Waals surface area contributed by atoms with Gasteiger partial charge in [-0.15, -0.1) is 0 Å². The molecule has 0 spiro atoms. The van der Waals surface area contributed by atoms with E-state index in [0.717, 1.165) is 17.8 Å². The number of hydrogen-bond donors (Lipinski definition) is 0. The minimum absolute atomic E-state index is 0.505. The molecule has 0 bridgehead atoms. The van der Waals surface area contributed by atoms with Crippen molar-refractivity contribution in [2.75, 3.05) is 0 Å². The van der Waals surface area contributed by atoms with E-state index < -0.39 is 0 Å². The molecule has 0 fully saturated rings. The Labute approximate surface area is 77.4 Å². The second kappa shape index (κ2) is 3.17. The fourth-order valence-electron chi connectivity index (χ4n) is 1.42. The maximum Gasteiger partial charge on any atom is 0.116 e. The van der Waals surface area contributed by atoms with Gasteiger partial charge >= 0.3 is 0 Å². The summed E-state index contributed by atoms with van der Waals surface area (Å²) in [5, 5.41) is 0. The third kappa shape index (κ3) is 1.30. The molecule has 0 radical (unpaired) electrons. The van der Waals surface area contributed by atoms with Crippen LogP contribution in [0.4, 0.5) is 0 Å². The number of nitrogens with zero attached hydrogens (tertiary/aromatic N) is 3. The molecule has 2 aromatic heterocycles. The molecule has 0 aromatic carbocycles. The first-order chi connectivity index (χ1) is 6.33. The Morgan fingerprint density at radius 3 is 3.08 bits per heavy atom. The summed E-state index contributed by atoms with van der Waals surface area (Å²) in [4.78, 5) is 8.44. The Kier molecular flexibility index (Phi) is 2.00. The molecule has 68 valence electrons. The highest BCUT2D eigenvalue weighted by molar-refractivity contribution is 5.43. The highest BCUT2D eigenvalue weighted by Gasteiger charge is 2.08.